The Kier molecular flexibility index (Phi) is 10.5. The van der Waals surface area contributed by atoms with E-state index in [0.717, 1.165) is 43.9 Å². The average Bonchev–Trinajstić information content (AvgIpc) is 2.61. The molecule has 26 heavy (non-hydrogen) atoms. The van der Waals surface area contributed by atoms with Crippen LogP contribution in [0.15, 0.2) is 23.2 Å². The van der Waals surface area contributed by atoms with E-state index in [-0.39, 0.29) is 54.6 Å². The van der Waals surface area contributed by atoms with Gasteiger partial charge in [-0.1, -0.05) is 19.3 Å². The van der Waals surface area contributed by atoms with Crippen molar-refractivity contribution in [3.8, 4) is 0 Å². The van der Waals surface area contributed by atoms with E-state index in [9.17, 15) is 13.6 Å². The van der Waals surface area contributed by atoms with E-state index < -0.39 is 11.6 Å². The largest absolute Gasteiger partial charge is 0.357 e. The Morgan fingerprint density at radius 2 is 1.92 bits per heavy atom. The van der Waals surface area contributed by atoms with Gasteiger partial charge in [-0.15, -0.1) is 24.0 Å². The quantitative estimate of drug-likeness (QED) is 0.333. The molecule has 1 fully saturated rings. The van der Waals surface area contributed by atoms with Gasteiger partial charge in [0.1, 0.15) is 11.6 Å². The Hall–Kier alpha value is -1.45. The van der Waals surface area contributed by atoms with Gasteiger partial charge in [0.15, 0.2) is 5.96 Å². The molecule has 0 spiro atoms. The lowest BCUT2D eigenvalue weighted by molar-refractivity contribution is -0.120. The zero-order valence-electron chi connectivity index (χ0n) is 15.0. The molecule has 1 aromatic carbocycles. The second-order valence-corrected chi connectivity index (χ2v) is 6.19. The Morgan fingerprint density at radius 1 is 1.19 bits per heavy atom. The molecule has 0 unspecified atom stereocenters. The minimum absolute atomic E-state index is 0. The average molecular weight is 480 g/mol. The van der Waals surface area contributed by atoms with Crippen molar-refractivity contribution in [1.82, 2.24) is 16.0 Å². The van der Waals surface area contributed by atoms with E-state index in [4.69, 9.17) is 0 Å². The highest BCUT2D eigenvalue weighted by Gasteiger charge is 2.15. The number of rotatable bonds is 6. The third kappa shape index (κ3) is 7.84. The molecule has 0 aromatic heterocycles. The number of hydrogen-bond donors (Lipinski definition) is 3. The lowest BCUT2D eigenvalue weighted by Crippen LogP contribution is -2.46. The normalized spacial score (nSPS) is 15.1. The summed E-state index contributed by atoms with van der Waals surface area (Å²) in [6.45, 7) is 2.57. The van der Waals surface area contributed by atoms with E-state index in [1.165, 1.54) is 6.42 Å². The lowest BCUT2D eigenvalue weighted by Gasteiger charge is -2.23. The topological polar surface area (TPSA) is 65.5 Å². The molecule has 0 aliphatic heterocycles. The maximum atomic E-state index is 13.6. The van der Waals surface area contributed by atoms with Crippen LogP contribution in [-0.2, 0) is 11.3 Å². The molecule has 0 atom stereocenters. The van der Waals surface area contributed by atoms with Crippen LogP contribution in [-0.4, -0.2) is 31.0 Å². The summed E-state index contributed by atoms with van der Waals surface area (Å²) in [7, 11) is 0. The first-order valence-electron chi connectivity index (χ1n) is 8.84. The van der Waals surface area contributed by atoms with Crippen LogP contribution in [0.5, 0.6) is 0 Å². The summed E-state index contributed by atoms with van der Waals surface area (Å²) in [5, 5.41) is 8.93. The Bertz CT molecular complexity index is 607. The molecular formula is C18H27F2IN4O. The second-order valence-electron chi connectivity index (χ2n) is 6.19. The molecule has 0 bridgehead atoms. The Morgan fingerprint density at radius 3 is 2.62 bits per heavy atom. The first-order valence-corrected chi connectivity index (χ1v) is 8.84. The van der Waals surface area contributed by atoms with Crippen LogP contribution in [0.4, 0.5) is 8.78 Å². The fourth-order valence-corrected chi connectivity index (χ4v) is 2.86. The van der Waals surface area contributed by atoms with E-state index >= 15 is 0 Å². The first kappa shape index (κ1) is 22.6. The summed E-state index contributed by atoms with van der Waals surface area (Å²) in [6, 6.07) is 3.53. The van der Waals surface area contributed by atoms with Crippen molar-refractivity contribution in [2.24, 2.45) is 4.99 Å². The van der Waals surface area contributed by atoms with Crippen molar-refractivity contribution in [3.63, 3.8) is 0 Å². The standard InChI is InChI=1S/C18H26F2N4O.HI/c1-2-21-18(22-11-13-10-14(19)8-9-16(13)20)23-12-17(25)24-15-6-4-3-5-7-15;/h8-10,15H,2-7,11-12H2,1H3,(H,24,25)(H2,21,22,23);1H. The Balaban J connectivity index is 0.00000338. The highest BCUT2D eigenvalue weighted by molar-refractivity contribution is 14.0. The number of amides is 1. The van der Waals surface area contributed by atoms with Crippen molar-refractivity contribution in [2.75, 3.05) is 13.1 Å². The molecule has 0 heterocycles. The minimum atomic E-state index is -0.504. The van der Waals surface area contributed by atoms with E-state index in [2.05, 4.69) is 20.9 Å². The molecule has 1 saturated carbocycles. The number of nitrogens with one attached hydrogen (secondary N) is 3. The van der Waals surface area contributed by atoms with Crippen LogP contribution in [0.3, 0.4) is 0 Å². The number of hydrogen-bond acceptors (Lipinski definition) is 2. The first-order chi connectivity index (χ1) is 12.1. The predicted octanol–water partition coefficient (Wildman–Crippen LogP) is 3.09. The van der Waals surface area contributed by atoms with E-state index in [0.29, 0.717) is 12.5 Å². The second kappa shape index (κ2) is 12.0. The van der Waals surface area contributed by atoms with Gasteiger partial charge in [-0.3, -0.25) is 4.79 Å². The Labute approximate surface area is 170 Å². The SMILES string of the molecule is CCNC(=NCc1cc(F)ccc1F)NCC(=O)NC1CCCCC1.I. The zero-order chi connectivity index (χ0) is 18.1. The molecule has 1 aliphatic rings. The van der Waals surface area contributed by atoms with Gasteiger partial charge in [-0.2, -0.15) is 0 Å². The zero-order valence-corrected chi connectivity index (χ0v) is 17.3. The van der Waals surface area contributed by atoms with Crippen LogP contribution in [0.1, 0.15) is 44.6 Å². The number of carbonyl (C=O) groups excluding carboxylic acids is 1. The van der Waals surface area contributed by atoms with Gasteiger partial charge in [0.2, 0.25) is 5.91 Å². The van der Waals surface area contributed by atoms with Gasteiger partial charge in [-0.25, -0.2) is 13.8 Å². The highest BCUT2D eigenvalue weighted by atomic mass is 127. The lowest BCUT2D eigenvalue weighted by atomic mass is 9.95. The van der Waals surface area contributed by atoms with Gasteiger partial charge < -0.3 is 16.0 Å². The number of guanidine groups is 1. The fourth-order valence-electron chi connectivity index (χ4n) is 2.86. The number of carbonyl (C=O) groups is 1. The molecule has 3 N–H and O–H groups in total. The van der Waals surface area contributed by atoms with Gasteiger partial charge >= 0.3 is 0 Å². The summed E-state index contributed by atoms with van der Waals surface area (Å²) < 4.78 is 26.8. The molecule has 146 valence electrons. The molecule has 8 heteroatoms. The van der Waals surface area contributed by atoms with E-state index in [1.54, 1.807) is 0 Å². The third-order valence-corrected chi connectivity index (χ3v) is 4.15. The monoisotopic (exact) mass is 480 g/mol. The molecule has 2 rings (SSSR count). The molecule has 1 aliphatic carbocycles. The molecule has 1 aromatic rings. The van der Waals surface area contributed by atoms with Crippen LogP contribution >= 0.6 is 24.0 Å². The van der Waals surface area contributed by atoms with Crippen LogP contribution in [0.2, 0.25) is 0 Å². The summed E-state index contributed by atoms with van der Waals surface area (Å²) >= 11 is 0. The fraction of sp³-hybridized carbons (Fsp3) is 0.556. The smallest absolute Gasteiger partial charge is 0.239 e. The molecule has 0 radical (unpaired) electrons. The number of halogens is 3. The summed E-state index contributed by atoms with van der Waals surface area (Å²) in [5.74, 6) is -0.702. The highest BCUT2D eigenvalue weighted by Crippen LogP contribution is 2.17. The summed E-state index contributed by atoms with van der Waals surface area (Å²) in [6.07, 6.45) is 5.60. The van der Waals surface area contributed by atoms with Crippen LogP contribution < -0.4 is 16.0 Å². The van der Waals surface area contributed by atoms with Crippen molar-refractivity contribution >= 4 is 35.8 Å². The van der Waals surface area contributed by atoms with Gasteiger partial charge in [0, 0.05) is 18.2 Å². The summed E-state index contributed by atoms with van der Waals surface area (Å²) in [4.78, 5) is 16.2. The molecular weight excluding hydrogens is 453 g/mol. The van der Waals surface area contributed by atoms with Crippen LogP contribution in [0, 0.1) is 11.6 Å². The van der Waals surface area contributed by atoms with Gasteiger partial charge in [0.25, 0.3) is 0 Å². The van der Waals surface area contributed by atoms with Crippen molar-refractivity contribution < 1.29 is 13.6 Å². The molecule has 0 saturated heterocycles. The number of nitrogens with zero attached hydrogens (tertiary/aromatic N) is 1. The van der Waals surface area contributed by atoms with Crippen molar-refractivity contribution in [1.29, 1.82) is 0 Å². The van der Waals surface area contributed by atoms with E-state index in [1.807, 2.05) is 6.92 Å². The van der Waals surface area contributed by atoms with Crippen LogP contribution in [0.25, 0.3) is 0 Å². The van der Waals surface area contributed by atoms with Crippen molar-refractivity contribution in [3.05, 3.63) is 35.4 Å². The maximum Gasteiger partial charge on any atom is 0.239 e. The minimum Gasteiger partial charge on any atom is -0.357 e. The van der Waals surface area contributed by atoms with Gasteiger partial charge in [-0.05, 0) is 38.0 Å². The molecule has 5 nitrogen and oxygen atoms in total. The molecule has 1 amide bonds. The summed E-state index contributed by atoms with van der Waals surface area (Å²) in [5.41, 5.74) is 0.170. The van der Waals surface area contributed by atoms with Gasteiger partial charge in [0.05, 0.1) is 13.1 Å². The van der Waals surface area contributed by atoms with Crippen molar-refractivity contribution in [2.45, 2.75) is 51.6 Å². The number of benzene rings is 1. The predicted molar refractivity (Wildman–Crippen MR) is 110 cm³/mol. The maximum absolute atomic E-state index is 13.6. The third-order valence-electron chi connectivity index (χ3n) is 4.15. The number of aliphatic imine (C=N–C) groups is 1.